The van der Waals surface area contributed by atoms with Crippen LogP contribution in [0.15, 0.2) is 24.3 Å². The number of ketones is 1. The van der Waals surface area contributed by atoms with Crippen molar-refractivity contribution < 1.29 is 18.7 Å². The summed E-state index contributed by atoms with van der Waals surface area (Å²) < 4.78 is 17.5. The molecular formula is C14H18FNO3. The Morgan fingerprint density at radius 2 is 1.84 bits per heavy atom. The third-order valence-electron chi connectivity index (χ3n) is 2.59. The minimum atomic E-state index is -0.511. The van der Waals surface area contributed by atoms with Crippen molar-refractivity contribution in [3.63, 3.8) is 0 Å². The third kappa shape index (κ3) is 5.07. The van der Waals surface area contributed by atoms with Crippen molar-refractivity contribution in [1.29, 1.82) is 0 Å². The van der Waals surface area contributed by atoms with Crippen LogP contribution in [0.2, 0.25) is 0 Å². The van der Waals surface area contributed by atoms with Gasteiger partial charge in [0.2, 0.25) is 0 Å². The SMILES string of the molecule is CCOC(=O)CC(=O)CN(CC)c1ccc(F)cc1. The lowest BCUT2D eigenvalue weighted by Crippen LogP contribution is -2.30. The highest BCUT2D eigenvalue weighted by Crippen LogP contribution is 2.14. The second-order valence-electron chi connectivity index (χ2n) is 4.01. The summed E-state index contributed by atoms with van der Waals surface area (Å²) in [4.78, 5) is 24.7. The van der Waals surface area contributed by atoms with E-state index in [1.54, 1.807) is 24.0 Å². The molecule has 0 aliphatic heterocycles. The Morgan fingerprint density at radius 1 is 1.21 bits per heavy atom. The fourth-order valence-corrected chi connectivity index (χ4v) is 1.68. The van der Waals surface area contributed by atoms with Crippen molar-refractivity contribution in [3.8, 4) is 0 Å². The highest BCUT2D eigenvalue weighted by Gasteiger charge is 2.14. The van der Waals surface area contributed by atoms with E-state index >= 15 is 0 Å². The minimum Gasteiger partial charge on any atom is -0.466 e. The van der Waals surface area contributed by atoms with Gasteiger partial charge in [0, 0.05) is 12.2 Å². The highest BCUT2D eigenvalue weighted by atomic mass is 19.1. The summed E-state index contributed by atoms with van der Waals surface area (Å²) >= 11 is 0. The molecule has 104 valence electrons. The molecule has 0 aromatic heterocycles. The highest BCUT2D eigenvalue weighted by molar-refractivity contribution is 5.97. The molecular weight excluding hydrogens is 249 g/mol. The molecule has 0 heterocycles. The van der Waals surface area contributed by atoms with Crippen molar-refractivity contribution in [1.82, 2.24) is 0 Å². The van der Waals surface area contributed by atoms with E-state index in [2.05, 4.69) is 0 Å². The largest absolute Gasteiger partial charge is 0.466 e. The summed E-state index contributed by atoms with van der Waals surface area (Å²) in [6, 6.07) is 5.90. The minimum absolute atomic E-state index is 0.112. The van der Waals surface area contributed by atoms with E-state index in [-0.39, 0.29) is 31.2 Å². The van der Waals surface area contributed by atoms with Crippen LogP contribution in [0.4, 0.5) is 10.1 Å². The normalized spacial score (nSPS) is 10.1. The Morgan fingerprint density at radius 3 is 2.37 bits per heavy atom. The average Bonchev–Trinajstić information content (AvgIpc) is 2.37. The van der Waals surface area contributed by atoms with Crippen LogP contribution in [-0.4, -0.2) is 31.4 Å². The first-order chi connectivity index (χ1) is 9.06. The average molecular weight is 267 g/mol. The molecule has 1 aromatic carbocycles. The first kappa shape index (κ1) is 15.1. The van der Waals surface area contributed by atoms with Gasteiger partial charge in [0.05, 0.1) is 13.2 Å². The summed E-state index contributed by atoms with van der Waals surface area (Å²) in [5, 5.41) is 0. The molecule has 1 aromatic rings. The van der Waals surface area contributed by atoms with E-state index in [0.717, 1.165) is 5.69 Å². The predicted molar refractivity (Wildman–Crippen MR) is 70.5 cm³/mol. The molecule has 0 spiro atoms. The van der Waals surface area contributed by atoms with Crippen LogP contribution in [0.25, 0.3) is 0 Å². The monoisotopic (exact) mass is 267 g/mol. The van der Waals surface area contributed by atoms with Gasteiger partial charge in [-0.05, 0) is 38.1 Å². The number of esters is 1. The molecule has 0 N–H and O–H groups in total. The molecule has 0 aliphatic rings. The van der Waals surface area contributed by atoms with Gasteiger partial charge in [-0.15, -0.1) is 0 Å². The Bertz CT molecular complexity index is 431. The van der Waals surface area contributed by atoms with E-state index in [1.165, 1.54) is 12.1 Å². The number of Topliss-reactive ketones (excluding diaryl/α,β-unsaturated/α-hetero) is 1. The molecule has 1 rings (SSSR count). The van der Waals surface area contributed by atoms with Crippen molar-refractivity contribution in [2.45, 2.75) is 20.3 Å². The van der Waals surface area contributed by atoms with Gasteiger partial charge in [-0.25, -0.2) is 4.39 Å². The summed E-state index contributed by atoms with van der Waals surface area (Å²) in [6.07, 6.45) is -0.231. The number of ether oxygens (including phenoxy) is 1. The lowest BCUT2D eigenvalue weighted by molar-refractivity contribution is -0.145. The smallest absolute Gasteiger partial charge is 0.313 e. The van der Waals surface area contributed by atoms with E-state index in [1.807, 2.05) is 6.92 Å². The Hall–Kier alpha value is -1.91. The quantitative estimate of drug-likeness (QED) is 0.561. The van der Waals surface area contributed by atoms with Gasteiger partial charge in [-0.2, -0.15) is 0 Å². The standard InChI is InChI=1S/C14H18FNO3/c1-3-16(12-7-5-11(15)6-8-12)10-13(17)9-14(18)19-4-2/h5-8H,3-4,9-10H2,1-2H3. The molecule has 0 fully saturated rings. The zero-order valence-corrected chi connectivity index (χ0v) is 11.2. The Balaban J connectivity index is 2.59. The van der Waals surface area contributed by atoms with Crippen LogP contribution in [0.1, 0.15) is 20.3 Å². The summed E-state index contributed by atoms with van der Waals surface area (Å²) in [5.41, 5.74) is 0.751. The zero-order chi connectivity index (χ0) is 14.3. The van der Waals surface area contributed by atoms with Crippen LogP contribution < -0.4 is 4.90 Å². The van der Waals surface area contributed by atoms with Crippen LogP contribution in [0.3, 0.4) is 0 Å². The lowest BCUT2D eigenvalue weighted by atomic mass is 10.2. The van der Waals surface area contributed by atoms with E-state index in [9.17, 15) is 14.0 Å². The van der Waals surface area contributed by atoms with Crippen LogP contribution >= 0.6 is 0 Å². The molecule has 0 atom stereocenters. The molecule has 0 radical (unpaired) electrons. The van der Waals surface area contributed by atoms with Crippen molar-refractivity contribution in [2.24, 2.45) is 0 Å². The second kappa shape index (κ2) is 7.51. The molecule has 19 heavy (non-hydrogen) atoms. The molecule has 4 nitrogen and oxygen atoms in total. The lowest BCUT2D eigenvalue weighted by Gasteiger charge is -2.22. The van der Waals surface area contributed by atoms with Crippen molar-refractivity contribution >= 4 is 17.4 Å². The molecule has 0 saturated heterocycles. The fourth-order valence-electron chi connectivity index (χ4n) is 1.68. The van der Waals surface area contributed by atoms with E-state index < -0.39 is 5.97 Å². The first-order valence-electron chi connectivity index (χ1n) is 6.24. The Kier molecular flexibility index (Phi) is 5.99. The van der Waals surface area contributed by atoms with Gasteiger partial charge in [0.15, 0.2) is 5.78 Å². The topological polar surface area (TPSA) is 46.6 Å². The van der Waals surface area contributed by atoms with E-state index in [4.69, 9.17) is 4.74 Å². The molecule has 0 bridgehead atoms. The summed E-state index contributed by atoms with van der Waals surface area (Å²) in [6.45, 7) is 4.56. The number of hydrogen-bond donors (Lipinski definition) is 0. The maximum atomic E-state index is 12.8. The Labute approximate surface area is 112 Å². The molecule has 0 aliphatic carbocycles. The summed E-state index contributed by atoms with van der Waals surface area (Å²) in [5.74, 6) is -1.05. The number of carbonyl (C=O) groups excluding carboxylic acids is 2. The maximum Gasteiger partial charge on any atom is 0.313 e. The fraction of sp³-hybridized carbons (Fsp3) is 0.429. The third-order valence-corrected chi connectivity index (χ3v) is 2.59. The van der Waals surface area contributed by atoms with Gasteiger partial charge in [0.1, 0.15) is 12.2 Å². The van der Waals surface area contributed by atoms with Gasteiger partial charge in [0.25, 0.3) is 0 Å². The zero-order valence-electron chi connectivity index (χ0n) is 11.2. The maximum absolute atomic E-state index is 12.8. The van der Waals surface area contributed by atoms with Gasteiger partial charge in [-0.1, -0.05) is 0 Å². The molecule has 0 unspecified atom stereocenters. The van der Waals surface area contributed by atoms with Gasteiger partial charge < -0.3 is 9.64 Å². The number of rotatable bonds is 7. The number of hydrogen-bond acceptors (Lipinski definition) is 4. The molecule has 0 amide bonds. The first-order valence-corrected chi connectivity index (χ1v) is 6.24. The number of anilines is 1. The van der Waals surface area contributed by atoms with Gasteiger partial charge in [-0.3, -0.25) is 9.59 Å². The second-order valence-corrected chi connectivity index (χ2v) is 4.01. The van der Waals surface area contributed by atoms with Crippen LogP contribution in [0, 0.1) is 5.82 Å². The van der Waals surface area contributed by atoms with Gasteiger partial charge >= 0.3 is 5.97 Å². The number of likely N-dealkylation sites (N-methyl/N-ethyl adjacent to an activating group) is 1. The van der Waals surface area contributed by atoms with E-state index in [0.29, 0.717) is 6.54 Å². The predicted octanol–water partition coefficient (Wildman–Crippen LogP) is 2.17. The number of halogens is 1. The number of nitrogens with zero attached hydrogens (tertiary/aromatic N) is 1. The molecule has 5 heteroatoms. The molecule has 0 saturated carbocycles. The van der Waals surface area contributed by atoms with Crippen LogP contribution in [-0.2, 0) is 14.3 Å². The number of benzene rings is 1. The van der Waals surface area contributed by atoms with Crippen LogP contribution in [0.5, 0.6) is 0 Å². The number of carbonyl (C=O) groups is 2. The van der Waals surface area contributed by atoms with Crippen molar-refractivity contribution in [2.75, 3.05) is 24.6 Å². The summed E-state index contributed by atoms with van der Waals surface area (Å²) in [7, 11) is 0. The van der Waals surface area contributed by atoms with Crippen molar-refractivity contribution in [3.05, 3.63) is 30.1 Å².